The molecule has 0 aliphatic carbocycles. The van der Waals surface area contributed by atoms with Gasteiger partial charge in [-0.2, -0.15) is 0 Å². The van der Waals surface area contributed by atoms with Gasteiger partial charge in [0.1, 0.15) is 6.54 Å². The Hall–Kier alpha value is -1.78. The van der Waals surface area contributed by atoms with Crippen LogP contribution in [0.1, 0.15) is 30.3 Å². The lowest BCUT2D eigenvalue weighted by Gasteiger charge is -2.04. The highest BCUT2D eigenvalue weighted by atomic mass is 16.5. The predicted molar refractivity (Wildman–Crippen MR) is 56.9 cm³/mol. The summed E-state index contributed by atoms with van der Waals surface area (Å²) in [6, 6.07) is 3.13. The molecule has 1 aromatic heterocycles. The number of furan rings is 1. The van der Waals surface area contributed by atoms with E-state index in [0.29, 0.717) is 6.61 Å². The number of carbonyl (C=O) groups is 2. The van der Waals surface area contributed by atoms with Gasteiger partial charge in [-0.05, 0) is 18.6 Å². The van der Waals surface area contributed by atoms with Gasteiger partial charge in [-0.3, -0.25) is 9.59 Å². The summed E-state index contributed by atoms with van der Waals surface area (Å²) in [5.41, 5.74) is 0. The largest absolute Gasteiger partial charge is 0.464 e. The molecule has 0 saturated heterocycles. The van der Waals surface area contributed by atoms with E-state index in [1.165, 1.54) is 12.3 Å². The zero-order valence-corrected chi connectivity index (χ0v) is 9.19. The van der Waals surface area contributed by atoms with Crippen LogP contribution in [0.3, 0.4) is 0 Å². The Balaban J connectivity index is 2.19. The van der Waals surface area contributed by atoms with E-state index in [9.17, 15) is 9.59 Å². The average Bonchev–Trinajstić information content (AvgIpc) is 2.79. The van der Waals surface area contributed by atoms with Gasteiger partial charge < -0.3 is 14.5 Å². The van der Waals surface area contributed by atoms with Gasteiger partial charge in [0.15, 0.2) is 5.76 Å². The fourth-order valence-corrected chi connectivity index (χ4v) is 1.03. The number of esters is 1. The van der Waals surface area contributed by atoms with Gasteiger partial charge in [0.05, 0.1) is 12.9 Å². The zero-order chi connectivity index (χ0) is 11.8. The van der Waals surface area contributed by atoms with Crippen LogP contribution in [-0.4, -0.2) is 25.0 Å². The molecule has 1 amide bonds. The Morgan fingerprint density at radius 2 is 2.31 bits per heavy atom. The second kappa shape index (κ2) is 6.66. The van der Waals surface area contributed by atoms with E-state index in [1.807, 2.05) is 6.92 Å². The van der Waals surface area contributed by atoms with Crippen LogP contribution in [0.4, 0.5) is 0 Å². The third-order valence-corrected chi connectivity index (χ3v) is 1.90. The number of carbonyl (C=O) groups excluding carboxylic acids is 2. The van der Waals surface area contributed by atoms with Crippen molar-refractivity contribution in [1.82, 2.24) is 5.32 Å². The normalized spacial score (nSPS) is 9.81. The van der Waals surface area contributed by atoms with Gasteiger partial charge in [0, 0.05) is 0 Å². The minimum Gasteiger partial charge on any atom is -0.464 e. The molecule has 1 N–H and O–H groups in total. The first-order valence-corrected chi connectivity index (χ1v) is 5.21. The highest BCUT2D eigenvalue weighted by Gasteiger charge is 2.10. The second-order valence-electron chi connectivity index (χ2n) is 3.23. The molecule has 0 aliphatic rings. The lowest BCUT2D eigenvalue weighted by atomic mass is 10.4. The third-order valence-electron chi connectivity index (χ3n) is 1.90. The number of ether oxygens (including phenoxy) is 1. The maximum absolute atomic E-state index is 11.3. The van der Waals surface area contributed by atoms with E-state index in [0.717, 1.165) is 12.8 Å². The maximum atomic E-state index is 11.3. The molecule has 0 bridgehead atoms. The average molecular weight is 225 g/mol. The van der Waals surface area contributed by atoms with Crippen molar-refractivity contribution < 1.29 is 18.7 Å². The van der Waals surface area contributed by atoms with Crippen molar-refractivity contribution in [1.29, 1.82) is 0 Å². The number of amides is 1. The quantitative estimate of drug-likeness (QED) is 0.586. The van der Waals surface area contributed by atoms with Gasteiger partial charge in [-0.1, -0.05) is 13.3 Å². The number of unbranched alkanes of at least 4 members (excludes halogenated alkanes) is 1. The van der Waals surface area contributed by atoms with Crippen molar-refractivity contribution in [2.45, 2.75) is 19.8 Å². The van der Waals surface area contributed by atoms with Gasteiger partial charge in [-0.15, -0.1) is 0 Å². The van der Waals surface area contributed by atoms with Crippen molar-refractivity contribution in [2.24, 2.45) is 0 Å². The molecular weight excluding hydrogens is 210 g/mol. The van der Waals surface area contributed by atoms with E-state index >= 15 is 0 Å². The molecule has 5 heteroatoms. The molecule has 0 fully saturated rings. The van der Waals surface area contributed by atoms with Crippen LogP contribution < -0.4 is 5.32 Å². The number of hydrogen-bond acceptors (Lipinski definition) is 4. The summed E-state index contributed by atoms with van der Waals surface area (Å²) in [7, 11) is 0. The summed E-state index contributed by atoms with van der Waals surface area (Å²) >= 11 is 0. The van der Waals surface area contributed by atoms with Gasteiger partial charge in [0.2, 0.25) is 0 Å². The molecule has 0 saturated carbocycles. The fourth-order valence-electron chi connectivity index (χ4n) is 1.03. The standard InChI is InChI=1S/C11H15NO4/c1-2-3-6-16-10(13)8-12-11(14)9-5-4-7-15-9/h4-5,7H,2-3,6,8H2,1H3,(H,12,14). The fraction of sp³-hybridized carbons (Fsp3) is 0.455. The van der Waals surface area contributed by atoms with E-state index in [2.05, 4.69) is 5.32 Å². The first kappa shape index (κ1) is 12.3. The first-order valence-electron chi connectivity index (χ1n) is 5.21. The number of rotatable bonds is 6. The third kappa shape index (κ3) is 4.16. The summed E-state index contributed by atoms with van der Waals surface area (Å²) in [6.45, 7) is 2.27. The van der Waals surface area contributed by atoms with E-state index in [-0.39, 0.29) is 12.3 Å². The number of hydrogen-bond donors (Lipinski definition) is 1. The lowest BCUT2D eigenvalue weighted by Crippen LogP contribution is -2.30. The van der Waals surface area contributed by atoms with Crippen LogP contribution in [0.15, 0.2) is 22.8 Å². The highest BCUT2D eigenvalue weighted by molar-refractivity contribution is 5.93. The van der Waals surface area contributed by atoms with E-state index in [1.54, 1.807) is 6.07 Å². The van der Waals surface area contributed by atoms with Gasteiger partial charge in [0.25, 0.3) is 5.91 Å². The van der Waals surface area contributed by atoms with Crippen LogP contribution in [0.2, 0.25) is 0 Å². The van der Waals surface area contributed by atoms with E-state index < -0.39 is 11.9 Å². The molecule has 1 aromatic rings. The van der Waals surface area contributed by atoms with Gasteiger partial charge in [-0.25, -0.2) is 0 Å². The SMILES string of the molecule is CCCCOC(=O)CNC(=O)c1ccco1. The highest BCUT2D eigenvalue weighted by Crippen LogP contribution is 1.98. The minimum absolute atomic E-state index is 0.136. The molecular formula is C11H15NO4. The van der Waals surface area contributed by atoms with E-state index in [4.69, 9.17) is 9.15 Å². The van der Waals surface area contributed by atoms with Crippen molar-refractivity contribution >= 4 is 11.9 Å². The number of nitrogens with one attached hydrogen (secondary N) is 1. The molecule has 0 aliphatic heterocycles. The Morgan fingerprint density at radius 1 is 1.50 bits per heavy atom. The van der Waals surface area contributed by atoms with Crippen LogP contribution in [0, 0.1) is 0 Å². The van der Waals surface area contributed by atoms with Crippen LogP contribution in [0.5, 0.6) is 0 Å². The Morgan fingerprint density at radius 3 is 2.94 bits per heavy atom. The molecule has 0 radical (unpaired) electrons. The molecule has 1 rings (SSSR count). The smallest absolute Gasteiger partial charge is 0.325 e. The summed E-state index contributed by atoms with van der Waals surface area (Å²) in [5.74, 6) is -0.674. The lowest BCUT2D eigenvalue weighted by molar-refractivity contribution is -0.142. The molecule has 0 aromatic carbocycles. The maximum Gasteiger partial charge on any atom is 0.325 e. The van der Waals surface area contributed by atoms with Crippen LogP contribution >= 0.6 is 0 Å². The molecule has 0 spiro atoms. The first-order chi connectivity index (χ1) is 7.74. The van der Waals surface area contributed by atoms with Crippen molar-refractivity contribution in [3.63, 3.8) is 0 Å². The summed E-state index contributed by atoms with van der Waals surface area (Å²) in [6.07, 6.45) is 3.19. The topological polar surface area (TPSA) is 68.5 Å². The molecule has 1 heterocycles. The van der Waals surface area contributed by atoms with Crippen molar-refractivity contribution in [2.75, 3.05) is 13.2 Å². The zero-order valence-electron chi connectivity index (χ0n) is 9.19. The Labute approximate surface area is 93.8 Å². The molecule has 0 atom stereocenters. The Bertz CT molecular complexity index is 332. The second-order valence-corrected chi connectivity index (χ2v) is 3.23. The summed E-state index contributed by atoms with van der Waals surface area (Å²) in [5, 5.41) is 2.40. The molecule has 16 heavy (non-hydrogen) atoms. The van der Waals surface area contributed by atoms with Crippen LogP contribution in [-0.2, 0) is 9.53 Å². The van der Waals surface area contributed by atoms with Crippen LogP contribution in [0.25, 0.3) is 0 Å². The van der Waals surface area contributed by atoms with Gasteiger partial charge >= 0.3 is 5.97 Å². The molecule has 0 unspecified atom stereocenters. The van der Waals surface area contributed by atoms with Crippen molar-refractivity contribution in [3.05, 3.63) is 24.2 Å². The molecule has 88 valence electrons. The Kier molecular flexibility index (Phi) is 5.11. The summed E-state index contributed by atoms with van der Waals surface area (Å²) in [4.78, 5) is 22.5. The monoisotopic (exact) mass is 225 g/mol. The molecule has 5 nitrogen and oxygen atoms in total. The minimum atomic E-state index is -0.437. The van der Waals surface area contributed by atoms with Crippen molar-refractivity contribution in [3.8, 4) is 0 Å². The predicted octanol–water partition coefficient (Wildman–Crippen LogP) is 1.35. The summed E-state index contributed by atoms with van der Waals surface area (Å²) < 4.78 is 9.73.